The first-order valence-corrected chi connectivity index (χ1v) is 6.55. The van der Waals surface area contributed by atoms with E-state index in [9.17, 15) is 0 Å². The minimum atomic E-state index is 0.128. The molecular weight excluding hydrogens is 216 g/mol. The van der Waals surface area contributed by atoms with E-state index in [1.807, 2.05) is 6.20 Å². The van der Waals surface area contributed by atoms with Crippen LogP contribution in [0.15, 0.2) is 10.6 Å². The van der Waals surface area contributed by atoms with E-state index < -0.39 is 0 Å². The maximum atomic E-state index is 5.73. The standard InChI is InChI=1S/C13H22N2O2/c1-10(2)14-7-6-13-15-9-12(17-13)11-5-3-4-8-16-11/h9-11,14H,3-8H2,1-2H3. The summed E-state index contributed by atoms with van der Waals surface area (Å²) in [6.07, 6.45) is 6.22. The van der Waals surface area contributed by atoms with E-state index in [2.05, 4.69) is 24.1 Å². The fourth-order valence-electron chi connectivity index (χ4n) is 2.02. The van der Waals surface area contributed by atoms with Crippen molar-refractivity contribution >= 4 is 0 Å². The lowest BCUT2D eigenvalue weighted by Crippen LogP contribution is -2.24. The smallest absolute Gasteiger partial charge is 0.195 e. The third-order valence-electron chi connectivity index (χ3n) is 2.96. The highest BCUT2D eigenvalue weighted by molar-refractivity contribution is 4.99. The Morgan fingerprint density at radius 2 is 2.35 bits per heavy atom. The predicted octanol–water partition coefficient (Wildman–Crippen LogP) is 2.46. The number of hydrogen-bond donors (Lipinski definition) is 1. The molecule has 0 spiro atoms. The zero-order valence-electron chi connectivity index (χ0n) is 10.7. The van der Waals surface area contributed by atoms with Crippen molar-refractivity contribution in [2.75, 3.05) is 13.2 Å². The molecule has 0 radical (unpaired) electrons. The van der Waals surface area contributed by atoms with Gasteiger partial charge in [-0.15, -0.1) is 0 Å². The van der Waals surface area contributed by atoms with Crippen molar-refractivity contribution in [2.45, 2.75) is 51.7 Å². The van der Waals surface area contributed by atoms with E-state index in [1.54, 1.807) is 0 Å². The van der Waals surface area contributed by atoms with Crippen LogP contribution in [0.3, 0.4) is 0 Å². The first kappa shape index (κ1) is 12.6. The second kappa shape index (κ2) is 6.17. The van der Waals surface area contributed by atoms with Crippen LogP contribution in [0.1, 0.15) is 50.9 Å². The first-order chi connectivity index (χ1) is 8.25. The van der Waals surface area contributed by atoms with Crippen molar-refractivity contribution in [2.24, 2.45) is 0 Å². The van der Waals surface area contributed by atoms with Gasteiger partial charge in [-0.25, -0.2) is 4.98 Å². The Kier molecular flexibility index (Phi) is 4.57. The Bertz CT molecular complexity index is 330. The quantitative estimate of drug-likeness (QED) is 0.856. The van der Waals surface area contributed by atoms with Gasteiger partial charge in [0.15, 0.2) is 11.7 Å². The highest BCUT2D eigenvalue weighted by Crippen LogP contribution is 2.28. The summed E-state index contributed by atoms with van der Waals surface area (Å²) < 4.78 is 11.4. The van der Waals surface area contributed by atoms with Gasteiger partial charge in [0.1, 0.15) is 6.10 Å². The first-order valence-electron chi connectivity index (χ1n) is 6.55. The Labute approximate surface area is 103 Å². The van der Waals surface area contributed by atoms with Crippen LogP contribution < -0.4 is 5.32 Å². The summed E-state index contributed by atoms with van der Waals surface area (Å²) in [7, 11) is 0. The van der Waals surface area contributed by atoms with E-state index in [4.69, 9.17) is 9.15 Å². The maximum absolute atomic E-state index is 5.73. The fraction of sp³-hybridized carbons (Fsp3) is 0.769. The van der Waals surface area contributed by atoms with Crippen molar-refractivity contribution in [3.05, 3.63) is 17.8 Å². The Morgan fingerprint density at radius 1 is 1.47 bits per heavy atom. The molecule has 4 heteroatoms. The van der Waals surface area contributed by atoms with Crippen molar-refractivity contribution in [3.8, 4) is 0 Å². The van der Waals surface area contributed by atoms with Crippen LogP contribution in [0.25, 0.3) is 0 Å². The molecule has 1 aromatic heterocycles. The molecule has 0 aromatic carbocycles. The van der Waals surface area contributed by atoms with Crippen LogP contribution in [-0.2, 0) is 11.2 Å². The number of rotatable bonds is 5. The monoisotopic (exact) mass is 238 g/mol. The molecule has 1 atom stereocenters. The van der Waals surface area contributed by atoms with Crippen molar-refractivity contribution in [3.63, 3.8) is 0 Å². The van der Waals surface area contributed by atoms with Crippen molar-refractivity contribution < 1.29 is 9.15 Å². The van der Waals surface area contributed by atoms with Gasteiger partial charge in [-0.05, 0) is 19.3 Å². The topological polar surface area (TPSA) is 47.3 Å². The molecule has 0 saturated carbocycles. The zero-order chi connectivity index (χ0) is 12.1. The van der Waals surface area contributed by atoms with Crippen LogP contribution >= 0.6 is 0 Å². The Morgan fingerprint density at radius 3 is 3.06 bits per heavy atom. The van der Waals surface area contributed by atoms with E-state index in [0.717, 1.165) is 44.1 Å². The van der Waals surface area contributed by atoms with Gasteiger partial charge in [0, 0.05) is 25.6 Å². The van der Waals surface area contributed by atoms with Gasteiger partial charge in [0.25, 0.3) is 0 Å². The molecule has 0 aliphatic carbocycles. The number of oxazole rings is 1. The summed E-state index contributed by atoms with van der Waals surface area (Å²) in [6.45, 7) is 6.02. The predicted molar refractivity (Wildman–Crippen MR) is 65.9 cm³/mol. The molecule has 1 aromatic rings. The van der Waals surface area contributed by atoms with Crippen LogP contribution in [0.4, 0.5) is 0 Å². The number of nitrogens with one attached hydrogen (secondary N) is 1. The average Bonchev–Trinajstić information content (AvgIpc) is 2.78. The molecule has 17 heavy (non-hydrogen) atoms. The summed E-state index contributed by atoms with van der Waals surface area (Å²) in [4.78, 5) is 4.30. The van der Waals surface area contributed by atoms with Crippen LogP contribution in [0.5, 0.6) is 0 Å². The molecule has 2 heterocycles. The van der Waals surface area contributed by atoms with Gasteiger partial charge in [-0.3, -0.25) is 0 Å². The number of ether oxygens (including phenoxy) is 1. The normalized spacial score (nSPS) is 21.0. The molecule has 1 unspecified atom stereocenters. The van der Waals surface area contributed by atoms with Crippen molar-refractivity contribution in [1.29, 1.82) is 0 Å². The molecular formula is C13H22N2O2. The Balaban J connectivity index is 1.82. The average molecular weight is 238 g/mol. The highest BCUT2D eigenvalue weighted by Gasteiger charge is 2.20. The summed E-state index contributed by atoms with van der Waals surface area (Å²) in [5.41, 5.74) is 0. The lowest BCUT2D eigenvalue weighted by Gasteiger charge is -2.19. The SMILES string of the molecule is CC(C)NCCc1ncc(C2CCCCO2)o1. The highest BCUT2D eigenvalue weighted by atomic mass is 16.5. The largest absolute Gasteiger partial charge is 0.443 e. The Hall–Kier alpha value is -0.870. The molecule has 4 nitrogen and oxygen atoms in total. The van der Waals surface area contributed by atoms with Gasteiger partial charge in [-0.2, -0.15) is 0 Å². The van der Waals surface area contributed by atoms with Crippen LogP contribution in [0, 0.1) is 0 Å². The molecule has 2 rings (SSSR count). The van der Waals surface area contributed by atoms with Gasteiger partial charge in [0.2, 0.25) is 0 Å². The summed E-state index contributed by atoms with van der Waals surface area (Å²) in [5, 5.41) is 3.35. The molecule has 1 aliphatic rings. The summed E-state index contributed by atoms with van der Waals surface area (Å²) in [5.74, 6) is 1.70. The number of nitrogens with zero attached hydrogens (tertiary/aromatic N) is 1. The third kappa shape index (κ3) is 3.82. The van der Waals surface area contributed by atoms with E-state index in [0.29, 0.717) is 6.04 Å². The van der Waals surface area contributed by atoms with Crippen LogP contribution in [0.2, 0.25) is 0 Å². The third-order valence-corrected chi connectivity index (χ3v) is 2.96. The lowest BCUT2D eigenvalue weighted by atomic mass is 10.1. The van der Waals surface area contributed by atoms with Gasteiger partial charge >= 0.3 is 0 Å². The number of aromatic nitrogens is 1. The molecule has 0 amide bonds. The molecule has 1 saturated heterocycles. The van der Waals surface area contributed by atoms with E-state index in [1.165, 1.54) is 6.42 Å². The van der Waals surface area contributed by atoms with Gasteiger partial charge < -0.3 is 14.5 Å². The molecule has 1 N–H and O–H groups in total. The molecule has 1 fully saturated rings. The number of hydrogen-bond acceptors (Lipinski definition) is 4. The maximum Gasteiger partial charge on any atom is 0.195 e. The van der Waals surface area contributed by atoms with Crippen molar-refractivity contribution in [1.82, 2.24) is 10.3 Å². The summed E-state index contributed by atoms with van der Waals surface area (Å²) >= 11 is 0. The minimum absolute atomic E-state index is 0.128. The molecule has 96 valence electrons. The molecule has 0 bridgehead atoms. The van der Waals surface area contributed by atoms with E-state index >= 15 is 0 Å². The lowest BCUT2D eigenvalue weighted by molar-refractivity contribution is 0.00128. The zero-order valence-corrected chi connectivity index (χ0v) is 10.7. The molecule has 1 aliphatic heterocycles. The second-order valence-electron chi connectivity index (χ2n) is 4.87. The fourth-order valence-corrected chi connectivity index (χ4v) is 2.02. The van der Waals surface area contributed by atoms with Gasteiger partial charge in [-0.1, -0.05) is 13.8 Å². The summed E-state index contributed by atoms with van der Waals surface area (Å²) in [6, 6.07) is 0.506. The van der Waals surface area contributed by atoms with E-state index in [-0.39, 0.29) is 6.10 Å². The second-order valence-corrected chi connectivity index (χ2v) is 4.87. The van der Waals surface area contributed by atoms with Gasteiger partial charge in [0.05, 0.1) is 6.20 Å². The minimum Gasteiger partial charge on any atom is -0.443 e. The van der Waals surface area contributed by atoms with Crippen LogP contribution in [-0.4, -0.2) is 24.2 Å².